The second-order valence-corrected chi connectivity index (χ2v) is 8.52. The van der Waals surface area contributed by atoms with E-state index in [4.69, 9.17) is 13.0 Å². The van der Waals surface area contributed by atoms with Crippen LogP contribution in [0.4, 0.5) is 8.78 Å². The maximum atomic E-state index is 14.5. The molecule has 1 aliphatic carbocycles. The summed E-state index contributed by atoms with van der Waals surface area (Å²) in [6.07, 6.45) is 0.238. The van der Waals surface area contributed by atoms with E-state index in [1.165, 1.54) is 24.3 Å². The van der Waals surface area contributed by atoms with Gasteiger partial charge in [0.15, 0.2) is 5.78 Å². The molecule has 6 nitrogen and oxygen atoms in total. The first-order chi connectivity index (χ1) is 16.0. The number of carbonyl (C=O) groups excluding carboxylic acids is 4. The molecule has 2 aromatic rings. The van der Waals surface area contributed by atoms with Gasteiger partial charge in [-0.25, -0.2) is 0 Å². The zero-order valence-corrected chi connectivity index (χ0v) is 18.3. The van der Waals surface area contributed by atoms with Gasteiger partial charge in [-0.05, 0) is 42.2 Å². The summed E-state index contributed by atoms with van der Waals surface area (Å²) in [5.74, 6) is -6.57. The number of benzene rings is 2. The van der Waals surface area contributed by atoms with Crippen molar-refractivity contribution in [3.8, 4) is 0 Å². The molecule has 2 aliphatic rings. The van der Waals surface area contributed by atoms with Crippen molar-refractivity contribution in [2.45, 2.75) is 50.7 Å². The first kappa shape index (κ1) is 21.7. The number of Topliss-reactive ketones (excluding diaryl/α,β-unsaturated/α-hetero) is 2. The van der Waals surface area contributed by atoms with Crippen molar-refractivity contribution in [2.24, 2.45) is 0 Å². The van der Waals surface area contributed by atoms with E-state index >= 15 is 0 Å². The second kappa shape index (κ2) is 9.02. The number of fused-ring (bicyclic) bond motifs is 1. The summed E-state index contributed by atoms with van der Waals surface area (Å²) in [5.41, 5.74) is 0.819. The van der Waals surface area contributed by atoms with Gasteiger partial charge in [-0.15, -0.1) is 0 Å². The van der Waals surface area contributed by atoms with E-state index in [2.05, 4.69) is 5.32 Å². The molecular weight excluding hydrogens is 454 g/mol. The minimum absolute atomic E-state index is 0.0136. The van der Waals surface area contributed by atoms with Crippen molar-refractivity contribution in [3.63, 3.8) is 0 Å². The molecule has 1 saturated carbocycles. The van der Waals surface area contributed by atoms with E-state index in [1.807, 2.05) is 0 Å². The Morgan fingerprint density at radius 1 is 1.18 bits per heavy atom. The van der Waals surface area contributed by atoms with Crippen molar-refractivity contribution in [3.05, 3.63) is 69.7 Å². The fourth-order valence-electron chi connectivity index (χ4n) is 4.03. The first-order valence-electron chi connectivity index (χ1n) is 10.9. The lowest BCUT2D eigenvalue weighted by Gasteiger charge is -2.25. The van der Waals surface area contributed by atoms with E-state index in [-0.39, 0.29) is 43.2 Å². The third-order valence-electron chi connectivity index (χ3n) is 5.79. The van der Waals surface area contributed by atoms with E-state index < -0.39 is 35.1 Å². The number of alkyl halides is 2. The number of hydrogen-bond donors (Lipinski definition) is 1. The smallest absolute Gasteiger partial charge is 0.346 e. The number of nitrogens with zero attached hydrogens (tertiary/aromatic N) is 1. The molecule has 1 N–H and O–H groups in total. The monoisotopic (exact) mass is 475 g/mol. The Kier molecular flexibility index (Phi) is 5.93. The Morgan fingerprint density at radius 2 is 1.91 bits per heavy atom. The van der Waals surface area contributed by atoms with Gasteiger partial charge >= 0.3 is 5.92 Å². The predicted molar refractivity (Wildman–Crippen MR) is 116 cm³/mol. The van der Waals surface area contributed by atoms with Crippen LogP contribution in [0.15, 0.2) is 42.5 Å². The highest BCUT2D eigenvalue weighted by Gasteiger charge is 2.41. The van der Waals surface area contributed by atoms with Gasteiger partial charge in [-0.3, -0.25) is 19.2 Å². The lowest BCUT2D eigenvalue weighted by atomic mass is 10.1. The van der Waals surface area contributed by atoms with Crippen LogP contribution >= 0.6 is 11.6 Å². The van der Waals surface area contributed by atoms with Gasteiger partial charge in [-0.1, -0.05) is 35.9 Å². The van der Waals surface area contributed by atoms with Gasteiger partial charge in [-0.2, -0.15) is 8.78 Å². The van der Waals surface area contributed by atoms with E-state index in [9.17, 15) is 28.0 Å². The number of amides is 2. The van der Waals surface area contributed by atoms with Crippen molar-refractivity contribution in [1.29, 1.82) is 0 Å². The SMILES string of the molecule is [2H][C@@]1(N2Cc3cc(CNC(=O)C(F)(F)c4ccc(Cl)cc4)ccc3C2=O)CCCC(=O)CC1=O. The predicted octanol–water partition coefficient (Wildman–Crippen LogP) is 3.78. The highest BCUT2D eigenvalue weighted by Crippen LogP contribution is 2.31. The summed E-state index contributed by atoms with van der Waals surface area (Å²) < 4.78 is 37.6. The highest BCUT2D eigenvalue weighted by molar-refractivity contribution is 6.30. The Hall–Kier alpha value is -3.13. The summed E-state index contributed by atoms with van der Waals surface area (Å²) in [4.78, 5) is 50.6. The summed E-state index contributed by atoms with van der Waals surface area (Å²) in [7, 11) is 0. The molecule has 2 amide bonds. The van der Waals surface area contributed by atoms with Crippen LogP contribution < -0.4 is 5.32 Å². The van der Waals surface area contributed by atoms with E-state index in [0.29, 0.717) is 23.1 Å². The van der Waals surface area contributed by atoms with Gasteiger partial charge < -0.3 is 10.2 Å². The van der Waals surface area contributed by atoms with Crippen LogP contribution in [0.3, 0.4) is 0 Å². The molecule has 4 rings (SSSR count). The maximum absolute atomic E-state index is 14.5. The summed E-state index contributed by atoms with van der Waals surface area (Å²) >= 11 is 5.71. The van der Waals surface area contributed by atoms with Gasteiger partial charge in [0.2, 0.25) is 0 Å². The molecule has 0 spiro atoms. The molecule has 1 aliphatic heterocycles. The average Bonchev–Trinajstić information content (AvgIpc) is 3.06. The minimum Gasteiger partial charge on any atom is -0.346 e. The summed E-state index contributed by atoms with van der Waals surface area (Å²) in [6.45, 7) is -0.219. The Balaban J connectivity index is 1.47. The van der Waals surface area contributed by atoms with Crippen molar-refractivity contribution >= 4 is 35.0 Å². The quantitative estimate of drug-likeness (QED) is 0.527. The fraction of sp³-hybridized carbons (Fsp3) is 0.333. The molecule has 0 aromatic heterocycles. The van der Waals surface area contributed by atoms with Crippen LogP contribution in [0.1, 0.15) is 54.1 Å². The number of rotatable bonds is 5. The molecule has 0 saturated heterocycles. The minimum atomic E-state index is -3.76. The highest BCUT2D eigenvalue weighted by atomic mass is 35.5. The van der Waals surface area contributed by atoms with Gasteiger partial charge in [0.1, 0.15) is 5.78 Å². The van der Waals surface area contributed by atoms with Crippen LogP contribution in [-0.2, 0) is 33.4 Å². The average molecular weight is 476 g/mol. The second-order valence-electron chi connectivity index (χ2n) is 8.09. The van der Waals surface area contributed by atoms with Crippen molar-refractivity contribution < 1.29 is 29.3 Å². The molecule has 9 heteroatoms. The maximum Gasteiger partial charge on any atom is 0.349 e. The molecule has 33 heavy (non-hydrogen) atoms. The topological polar surface area (TPSA) is 83.6 Å². The van der Waals surface area contributed by atoms with Gasteiger partial charge in [0.25, 0.3) is 11.8 Å². The standard InChI is InChI=1S/C24H21ClF2N2O4/c25-17-7-5-16(6-8-17)24(26,27)23(33)28-12-14-4-9-19-15(10-14)13-29(22(19)32)20-3-1-2-18(30)11-21(20)31/h4-10,20H,1-3,11-13H2,(H,28,33)/t20-/m1/s1/i20D. The lowest BCUT2D eigenvalue weighted by molar-refractivity contribution is -0.147. The third kappa shape index (κ3) is 4.66. The molecule has 0 radical (unpaired) electrons. The molecule has 1 atom stereocenters. The molecule has 0 bridgehead atoms. The molecule has 1 heterocycles. The Morgan fingerprint density at radius 3 is 2.64 bits per heavy atom. The molecule has 1 fully saturated rings. The summed E-state index contributed by atoms with van der Waals surface area (Å²) in [6, 6.07) is 7.49. The van der Waals surface area contributed by atoms with E-state index in [0.717, 1.165) is 17.0 Å². The third-order valence-corrected chi connectivity index (χ3v) is 6.05. The van der Waals surface area contributed by atoms with Gasteiger partial charge in [0.05, 0.1) is 13.8 Å². The zero-order valence-electron chi connectivity index (χ0n) is 18.5. The molecule has 2 aromatic carbocycles. The normalized spacial score (nSPS) is 21.5. The van der Waals surface area contributed by atoms with Crippen molar-refractivity contribution in [1.82, 2.24) is 10.2 Å². The number of nitrogens with one attached hydrogen (secondary N) is 1. The van der Waals surface area contributed by atoms with Crippen LogP contribution in [0, 0.1) is 0 Å². The van der Waals surface area contributed by atoms with Gasteiger partial charge in [0, 0.05) is 35.7 Å². The number of halogens is 3. The largest absolute Gasteiger partial charge is 0.349 e. The number of ketones is 2. The van der Waals surface area contributed by atoms with Crippen LogP contribution in [0.2, 0.25) is 5.02 Å². The molecule has 0 unspecified atom stereocenters. The van der Waals surface area contributed by atoms with E-state index in [1.54, 1.807) is 6.07 Å². The molecular formula is C24H21ClF2N2O4. The lowest BCUT2D eigenvalue weighted by Crippen LogP contribution is -2.41. The first-order valence-corrected chi connectivity index (χ1v) is 10.8. The summed E-state index contributed by atoms with van der Waals surface area (Å²) in [5, 5.41) is 2.48. The number of carbonyl (C=O) groups is 4. The van der Waals surface area contributed by atoms with Crippen LogP contribution in [-0.4, -0.2) is 34.3 Å². The van der Waals surface area contributed by atoms with Crippen LogP contribution in [0.25, 0.3) is 0 Å². The Bertz CT molecular complexity index is 1190. The van der Waals surface area contributed by atoms with Crippen molar-refractivity contribution in [2.75, 3.05) is 0 Å². The fourth-order valence-corrected chi connectivity index (χ4v) is 4.16. The zero-order chi connectivity index (χ0) is 24.7. The van der Waals surface area contributed by atoms with Crippen LogP contribution in [0.5, 0.6) is 0 Å². The number of hydrogen-bond acceptors (Lipinski definition) is 4. The molecule has 172 valence electrons. The Labute approximate surface area is 195 Å².